The molecule has 4 aromatic rings. The number of rotatable bonds is 3. The van der Waals surface area contributed by atoms with Crippen molar-refractivity contribution in [3.63, 3.8) is 0 Å². The zero-order chi connectivity index (χ0) is 17.2. The zero-order valence-electron chi connectivity index (χ0n) is 12.9. The second kappa shape index (κ2) is 6.41. The van der Waals surface area contributed by atoms with Crippen LogP contribution in [0.2, 0.25) is 0 Å². The second-order valence-corrected chi connectivity index (χ2v) is 6.24. The average molecular weight is 349 g/mol. The number of thiazole rings is 1. The fourth-order valence-electron chi connectivity index (χ4n) is 2.58. The maximum absolute atomic E-state index is 13.3. The van der Waals surface area contributed by atoms with Crippen molar-refractivity contribution >= 4 is 33.3 Å². The molecule has 1 amide bonds. The molecule has 122 valence electrons. The number of pyridine rings is 1. The third kappa shape index (κ3) is 3.12. The van der Waals surface area contributed by atoms with Crippen LogP contribution in [0.4, 0.5) is 9.52 Å². The lowest BCUT2D eigenvalue weighted by molar-refractivity contribution is 0.102. The summed E-state index contributed by atoms with van der Waals surface area (Å²) < 4.78 is 13.3. The third-order valence-electron chi connectivity index (χ3n) is 3.74. The molecule has 25 heavy (non-hydrogen) atoms. The van der Waals surface area contributed by atoms with Crippen molar-refractivity contribution in [3.05, 3.63) is 77.6 Å². The molecule has 4 rings (SSSR count). The van der Waals surface area contributed by atoms with E-state index in [1.807, 2.05) is 12.1 Å². The summed E-state index contributed by atoms with van der Waals surface area (Å²) in [5.74, 6) is -0.571. The molecule has 0 saturated heterocycles. The number of nitrogens with zero attached hydrogens (tertiary/aromatic N) is 2. The molecule has 0 radical (unpaired) electrons. The fourth-order valence-corrected chi connectivity index (χ4v) is 3.29. The van der Waals surface area contributed by atoms with E-state index in [0.29, 0.717) is 22.0 Å². The molecule has 0 aliphatic heterocycles. The van der Waals surface area contributed by atoms with E-state index in [0.717, 1.165) is 10.9 Å². The van der Waals surface area contributed by atoms with Gasteiger partial charge in [0.25, 0.3) is 5.91 Å². The highest BCUT2D eigenvalue weighted by Crippen LogP contribution is 2.26. The summed E-state index contributed by atoms with van der Waals surface area (Å²) in [6.07, 6.45) is 1.69. The Bertz CT molecular complexity index is 1070. The highest BCUT2D eigenvalue weighted by atomic mass is 32.1. The summed E-state index contributed by atoms with van der Waals surface area (Å²) in [5.41, 5.74) is 2.59. The second-order valence-electron chi connectivity index (χ2n) is 5.38. The van der Waals surface area contributed by atoms with Crippen molar-refractivity contribution < 1.29 is 9.18 Å². The van der Waals surface area contributed by atoms with Gasteiger partial charge >= 0.3 is 0 Å². The van der Waals surface area contributed by atoms with Crippen LogP contribution >= 0.6 is 11.3 Å². The van der Waals surface area contributed by atoms with Crippen molar-refractivity contribution in [2.75, 3.05) is 5.32 Å². The van der Waals surface area contributed by atoms with Crippen LogP contribution in [0.25, 0.3) is 22.2 Å². The number of benzene rings is 2. The number of carbonyl (C=O) groups is 1. The predicted octanol–water partition coefficient (Wildman–Crippen LogP) is 4.75. The maximum Gasteiger partial charge on any atom is 0.258 e. The number of halogens is 1. The summed E-state index contributed by atoms with van der Waals surface area (Å²) in [6, 6.07) is 15.3. The molecular weight excluding hydrogens is 337 g/mol. The fraction of sp³-hybridized carbons (Fsp3) is 0. The minimum atomic E-state index is -0.320. The summed E-state index contributed by atoms with van der Waals surface area (Å²) >= 11 is 1.30. The lowest BCUT2D eigenvalue weighted by atomic mass is 10.1. The molecule has 0 saturated carbocycles. The van der Waals surface area contributed by atoms with E-state index < -0.39 is 0 Å². The number of hydrogen-bond acceptors (Lipinski definition) is 4. The molecule has 6 heteroatoms. The monoisotopic (exact) mass is 349 g/mol. The number of amides is 1. The highest BCUT2D eigenvalue weighted by Gasteiger charge is 2.13. The third-order valence-corrected chi connectivity index (χ3v) is 4.49. The van der Waals surface area contributed by atoms with Gasteiger partial charge in [0.1, 0.15) is 5.82 Å². The molecule has 2 heterocycles. The van der Waals surface area contributed by atoms with Crippen LogP contribution in [0.5, 0.6) is 0 Å². The van der Waals surface area contributed by atoms with Crippen LogP contribution in [-0.2, 0) is 0 Å². The average Bonchev–Trinajstić information content (AvgIpc) is 3.10. The van der Waals surface area contributed by atoms with Crippen LogP contribution in [-0.4, -0.2) is 15.9 Å². The largest absolute Gasteiger partial charge is 0.298 e. The van der Waals surface area contributed by atoms with Crippen LogP contribution in [0.3, 0.4) is 0 Å². The van der Waals surface area contributed by atoms with Gasteiger partial charge in [-0.15, -0.1) is 11.3 Å². The van der Waals surface area contributed by atoms with Gasteiger partial charge in [0.15, 0.2) is 5.13 Å². The zero-order valence-corrected chi connectivity index (χ0v) is 13.8. The molecular formula is C19H12FN3OS. The van der Waals surface area contributed by atoms with Crippen LogP contribution in [0, 0.1) is 5.82 Å². The molecule has 0 spiro atoms. The van der Waals surface area contributed by atoms with Crippen molar-refractivity contribution in [2.24, 2.45) is 0 Å². The summed E-state index contributed by atoms with van der Waals surface area (Å²) in [7, 11) is 0. The van der Waals surface area contributed by atoms with Gasteiger partial charge in [-0.3, -0.25) is 15.1 Å². The Balaban J connectivity index is 1.61. The van der Waals surface area contributed by atoms with E-state index in [1.54, 1.807) is 41.9 Å². The Kier molecular flexibility index (Phi) is 3.95. The molecule has 1 N–H and O–H groups in total. The molecule has 0 aliphatic rings. The standard InChI is InChI=1S/C19H12FN3OS/c20-13-5-1-4-12(10-13)17-11-25-19(22-17)23-18(24)15-6-2-8-16-14(15)7-3-9-21-16/h1-11H,(H,22,23,24). The van der Waals surface area contributed by atoms with Gasteiger partial charge in [-0.1, -0.05) is 24.3 Å². The van der Waals surface area contributed by atoms with Crippen molar-refractivity contribution in [1.82, 2.24) is 9.97 Å². The van der Waals surface area contributed by atoms with Crippen molar-refractivity contribution in [2.45, 2.75) is 0 Å². The van der Waals surface area contributed by atoms with Crippen LogP contribution in [0.1, 0.15) is 10.4 Å². The molecule has 0 bridgehead atoms. The lowest BCUT2D eigenvalue weighted by Gasteiger charge is -2.05. The first-order chi connectivity index (χ1) is 12.2. The van der Waals surface area contributed by atoms with E-state index >= 15 is 0 Å². The summed E-state index contributed by atoms with van der Waals surface area (Å²) in [4.78, 5) is 21.2. The van der Waals surface area contributed by atoms with E-state index in [-0.39, 0.29) is 11.7 Å². The SMILES string of the molecule is O=C(Nc1nc(-c2cccc(F)c2)cs1)c1cccc2ncccc12. The molecule has 0 aliphatic carbocycles. The quantitative estimate of drug-likeness (QED) is 0.581. The molecule has 0 atom stereocenters. The van der Waals surface area contributed by atoms with Gasteiger partial charge < -0.3 is 0 Å². The van der Waals surface area contributed by atoms with Crippen LogP contribution in [0.15, 0.2) is 66.2 Å². The van der Waals surface area contributed by atoms with Gasteiger partial charge in [0.05, 0.1) is 11.2 Å². The number of aromatic nitrogens is 2. The normalized spacial score (nSPS) is 10.8. The van der Waals surface area contributed by atoms with E-state index in [4.69, 9.17) is 0 Å². The van der Waals surface area contributed by atoms with Gasteiger partial charge in [-0.05, 0) is 30.3 Å². The first-order valence-corrected chi connectivity index (χ1v) is 8.45. The number of nitrogens with one attached hydrogen (secondary N) is 1. The maximum atomic E-state index is 13.3. The van der Waals surface area contributed by atoms with E-state index in [2.05, 4.69) is 15.3 Å². The summed E-state index contributed by atoms with van der Waals surface area (Å²) in [5, 5.41) is 5.83. The number of fused-ring (bicyclic) bond motifs is 1. The molecule has 2 aromatic heterocycles. The van der Waals surface area contributed by atoms with E-state index in [9.17, 15) is 9.18 Å². The molecule has 4 nitrogen and oxygen atoms in total. The van der Waals surface area contributed by atoms with E-state index in [1.165, 1.54) is 23.5 Å². The predicted molar refractivity (Wildman–Crippen MR) is 97.2 cm³/mol. The number of anilines is 1. The Labute approximate surface area is 147 Å². The minimum absolute atomic E-state index is 0.251. The molecule has 0 unspecified atom stereocenters. The first kappa shape index (κ1) is 15.4. The van der Waals surface area contributed by atoms with Gasteiger partial charge in [0, 0.05) is 28.1 Å². The van der Waals surface area contributed by atoms with Gasteiger partial charge in [0.2, 0.25) is 0 Å². The smallest absolute Gasteiger partial charge is 0.258 e. The Morgan fingerprint density at radius 3 is 2.84 bits per heavy atom. The minimum Gasteiger partial charge on any atom is -0.298 e. The van der Waals surface area contributed by atoms with Crippen molar-refractivity contribution in [3.8, 4) is 11.3 Å². The lowest BCUT2D eigenvalue weighted by Crippen LogP contribution is -2.12. The Hall–Kier alpha value is -3.12. The number of hydrogen-bond donors (Lipinski definition) is 1. The molecule has 0 fully saturated rings. The van der Waals surface area contributed by atoms with Crippen molar-refractivity contribution in [1.29, 1.82) is 0 Å². The first-order valence-electron chi connectivity index (χ1n) is 7.57. The van der Waals surface area contributed by atoms with Crippen LogP contribution < -0.4 is 5.32 Å². The Morgan fingerprint density at radius 1 is 1.08 bits per heavy atom. The Morgan fingerprint density at radius 2 is 1.96 bits per heavy atom. The topological polar surface area (TPSA) is 54.9 Å². The number of carbonyl (C=O) groups excluding carboxylic acids is 1. The van der Waals surface area contributed by atoms with Gasteiger partial charge in [-0.2, -0.15) is 0 Å². The highest BCUT2D eigenvalue weighted by molar-refractivity contribution is 7.14. The molecule has 2 aromatic carbocycles. The van der Waals surface area contributed by atoms with Gasteiger partial charge in [-0.25, -0.2) is 9.37 Å². The summed E-state index contributed by atoms with van der Waals surface area (Å²) in [6.45, 7) is 0.